The number of nitrogens with zero attached hydrogens (tertiary/aromatic N) is 2. The number of aryl methyl sites for hydroxylation is 4. The lowest BCUT2D eigenvalue weighted by Gasteiger charge is -2.24. The van der Waals surface area contributed by atoms with Crippen molar-refractivity contribution in [3.05, 3.63) is 76.2 Å². The normalized spacial score (nSPS) is 10.8. The van der Waals surface area contributed by atoms with Gasteiger partial charge in [-0.2, -0.15) is 0 Å². The monoisotopic (exact) mass is 378 g/mol. The lowest BCUT2D eigenvalue weighted by molar-refractivity contribution is 0.0987. The second-order valence-corrected chi connectivity index (χ2v) is 6.96. The third-order valence-corrected chi connectivity index (χ3v) is 4.86. The fourth-order valence-corrected chi connectivity index (χ4v) is 3.17. The minimum Gasteiger partial charge on any atom is -0.489 e. The van der Waals surface area contributed by atoms with Crippen molar-refractivity contribution in [2.75, 3.05) is 11.4 Å². The first-order valence-corrected chi connectivity index (χ1v) is 9.44. The number of hydrogen-bond acceptors (Lipinski definition) is 4. The number of amides is 1. The summed E-state index contributed by atoms with van der Waals surface area (Å²) in [6.45, 7) is 10.7. The van der Waals surface area contributed by atoms with Crippen LogP contribution in [0.4, 0.5) is 5.69 Å². The maximum absolute atomic E-state index is 13.2. The number of carbonyl (C=O) groups excluding carboxylic acids is 1. The molecule has 0 aliphatic rings. The number of rotatable bonds is 6. The van der Waals surface area contributed by atoms with Gasteiger partial charge in [-0.15, -0.1) is 0 Å². The number of anilines is 1. The Morgan fingerprint density at radius 1 is 1.11 bits per heavy atom. The quantitative estimate of drug-likeness (QED) is 0.595. The summed E-state index contributed by atoms with van der Waals surface area (Å²) < 4.78 is 11.1. The molecule has 1 heterocycles. The van der Waals surface area contributed by atoms with E-state index in [0.717, 1.165) is 33.8 Å². The molecule has 0 bridgehead atoms. The molecule has 0 unspecified atom stereocenters. The molecule has 3 rings (SSSR count). The third-order valence-electron chi connectivity index (χ3n) is 4.86. The standard InChI is InChI=1S/C23H26N2O3/c1-6-25(22-12-15(2)10-11-16(22)3)23(26)19-8-7-9-20(13-19)27-14-21-17(4)24-28-18(21)5/h7-13H,6,14H2,1-5H3. The average molecular weight is 378 g/mol. The van der Waals surface area contributed by atoms with Crippen LogP contribution in [-0.2, 0) is 6.61 Å². The van der Waals surface area contributed by atoms with Crippen LogP contribution in [-0.4, -0.2) is 17.6 Å². The summed E-state index contributed by atoms with van der Waals surface area (Å²) in [5.41, 5.74) is 5.49. The van der Waals surface area contributed by atoms with Gasteiger partial charge in [-0.3, -0.25) is 4.79 Å². The molecule has 0 fully saturated rings. The molecule has 28 heavy (non-hydrogen) atoms. The van der Waals surface area contributed by atoms with Crippen molar-refractivity contribution >= 4 is 11.6 Å². The van der Waals surface area contributed by atoms with Gasteiger partial charge in [0.1, 0.15) is 18.1 Å². The van der Waals surface area contributed by atoms with Crippen LogP contribution in [0.15, 0.2) is 47.0 Å². The Morgan fingerprint density at radius 2 is 1.89 bits per heavy atom. The lowest BCUT2D eigenvalue weighted by atomic mass is 10.1. The predicted octanol–water partition coefficient (Wildman–Crippen LogP) is 5.15. The lowest BCUT2D eigenvalue weighted by Crippen LogP contribution is -2.31. The smallest absolute Gasteiger partial charge is 0.258 e. The molecule has 0 aliphatic carbocycles. The largest absolute Gasteiger partial charge is 0.489 e. The fourth-order valence-electron chi connectivity index (χ4n) is 3.17. The molecule has 5 heteroatoms. The van der Waals surface area contributed by atoms with Crippen LogP contribution in [0, 0.1) is 27.7 Å². The van der Waals surface area contributed by atoms with Gasteiger partial charge in [0.05, 0.1) is 11.3 Å². The molecule has 5 nitrogen and oxygen atoms in total. The van der Waals surface area contributed by atoms with Gasteiger partial charge < -0.3 is 14.2 Å². The second-order valence-electron chi connectivity index (χ2n) is 6.96. The van der Waals surface area contributed by atoms with E-state index in [2.05, 4.69) is 17.3 Å². The van der Waals surface area contributed by atoms with Crippen molar-refractivity contribution in [3.8, 4) is 5.75 Å². The Morgan fingerprint density at radius 3 is 2.57 bits per heavy atom. The van der Waals surface area contributed by atoms with E-state index in [0.29, 0.717) is 24.5 Å². The molecular formula is C23H26N2O3. The first-order chi connectivity index (χ1) is 13.4. The topological polar surface area (TPSA) is 55.6 Å². The molecule has 3 aromatic rings. The first-order valence-electron chi connectivity index (χ1n) is 9.44. The Hall–Kier alpha value is -3.08. The highest BCUT2D eigenvalue weighted by atomic mass is 16.5. The minimum absolute atomic E-state index is 0.0426. The van der Waals surface area contributed by atoms with E-state index in [1.165, 1.54) is 0 Å². The summed E-state index contributed by atoms with van der Waals surface area (Å²) in [4.78, 5) is 15.0. The van der Waals surface area contributed by atoms with Gasteiger partial charge in [0.2, 0.25) is 0 Å². The highest BCUT2D eigenvalue weighted by Crippen LogP contribution is 2.25. The Labute approximate surface area is 165 Å². The van der Waals surface area contributed by atoms with Gasteiger partial charge in [-0.1, -0.05) is 23.4 Å². The third kappa shape index (κ3) is 4.09. The number of carbonyl (C=O) groups is 1. The minimum atomic E-state index is -0.0426. The van der Waals surface area contributed by atoms with Crippen LogP contribution >= 0.6 is 0 Å². The van der Waals surface area contributed by atoms with E-state index in [4.69, 9.17) is 9.26 Å². The van der Waals surface area contributed by atoms with Crippen LogP contribution in [0.5, 0.6) is 5.75 Å². The molecule has 0 N–H and O–H groups in total. The summed E-state index contributed by atoms with van der Waals surface area (Å²) in [6.07, 6.45) is 0. The summed E-state index contributed by atoms with van der Waals surface area (Å²) in [5.74, 6) is 1.35. The SMILES string of the molecule is CCN(C(=O)c1cccc(OCc2c(C)noc2C)c1)c1cc(C)ccc1C. The van der Waals surface area contributed by atoms with Crippen LogP contribution in [0.2, 0.25) is 0 Å². The molecule has 0 radical (unpaired) electrons. The Balaban J connectivity index is 1.82. The number of aromatic nitrogens is 1. The van der Waals surface area contributed by atoms with Crippen molar-refractivity contribution in [1.82, 2.24) is 5.16 Å². The van der Waals surface area contributed by atoms with Crippen molar-refractivity contribution < 1.29 is 14.1 Å². The van der Waals surface area contributed by atoms with E-state index in [-0.39, 0.29) is 5.91 Å². The predicted molar refractivity (Wildman–Crippen MR) is 110 cm³/mol. The van der Waals surface area contributed by atoms with Crippen molar-refractivity contribution in [2.45, 2.75) is 41.2 Å². The molecular weight excluding hydrogens is 352 g/mol. The summed E-state index contributed by atoms with van der Waals surface area (Å²) >= 11 is 0. The summed E-state index contributed by atoms with van der Waals surface area (Å²) in [7, 11) is 0. The van der Waals surface area contributed by atoms with E-state index in [1.54, 1.807) is 11.0 Å². The number of hydrogen-bond donors (Lipinski definition) is 0. The van der Waals surface area contributed by atoms with Crippen LogP contribution < -0.4 is 9.64 Å². The van der Waals surface area contributed by atoms with E-state index >= 15 is 0 Å². The van der Waals surface area contributed by atoms with Crippen molar-refractivity contribution in [2.24, 2.45) is 0 Å². The molecule has 0 saturated carbocycles. The van der Waals surface area contributed by atoms with Gasteiger partial charge in [0.25, 0.3) is 5.91 Å². The summed E-state index contributed by atoms with van der Waals surface area (Å²) in [5, 5.41) is 3.94. The number of benzene rings is 2. The van der Waals surface area contributed by atoms with Crippen LogP contribution in [0.3, 0.4) is 0 Å². The molecule has 146 valence electrons. The molecule has 0 spiro atoms. The first kappa shape index (κ1) is 19.7. The van der Waals surface area contributed by atoms with Crippen molar-refractivity contribution in [1.29, 1.82) is 0 Å². The van der Waals surface area contributed by atoms with Crippen LogP contribution in [0.25, 0.3) is 0 Å². The van der Waals surface area contributed by atoms with Gasteiger partial charge in [0.15, 0.2) is 0 Å². The maximum Gasteiger partial charge on any atom is 0.258 e. The van der Waals surface area contributed by atoms with E-state index in [1.807, 2.05) is 58.9 Å². The molecule has 0 saturated heterocycles. The fraction of sp³-hybridized carbons (Fsp3) is 0.304. The van der Waals surface area contributed by atoms with Gasteiger partial charge in [0, 0.05) is 17.8 Å². The Bertz CT molecular complexity index is 972. The zero-order valence-electron chi connectivity index (χ0n) is 17.1. The van der Waals surface area contributed by atoms with Gasteiger partial charge in [-0.05, 0) is 70.0 Å². The maximum atomic E-state index is 13.2. The number of ether oxygens (including phenoxy) is 1. The zero-order valence-corrected chi connectivity index (χ0v) is 17.1. The average Bonchev–Trinajstić information content (AvgIpc) is 3.01. The van der Waals surface area contributed by atoms with Gasteiger partial charge >= 0.3 is 0 Å². The van der Waals surface area contributed by atoms with Crippen LogP contribution in [0.1, 0.15) is 45.4 Å². The van der Waals surface area contributed by atoms with E-state index < -0.39 is 0 Å². The molecule has 0 aliphatic heterocycles. The highest BCUT2D eigenvalue weighted by Gasteiger charge is 2.19. The molecule has 1 amide bonds. The highest BCUT2D eigenvalue weighted by molar-refractivity contribution is 6.06. The second kappa shape index (κ2) is 8.30. The summed E-state index contributed by atoms with van der Waals surface area (Å²) in [6, 6.07) is 13.4. The molecule has 1 aromatic heterocycles. The zero-order chi connectivity index (χ0) is 20.3. The van der Waals surface area contributed by atoms with Gasteiger partial charge in [-0.25, -0.2) is 0 Å². The molecule has 2 aromatic carbocycles. The van der Waals surface area contributed by atoms with E-state index in [9.17, 15) is 4.79 Å². The Kier molecular flexibility index (Phi) is 5.83. The van der Waals surface area contributed by atoms with Crippen molar-refractivity contribution in [3.63, 3.8) is 0 Å². The molecule has 0 atom stereocenters.